The number of thioether (sulfide) groups is 1. The highest BCUT2D eigenvalue weighted by Gasteiger charge is 2.18. The molecular weight excluding hydrogens is 414 g/mol. The molecule has 0 bridgehead atoms. The zero-order chi connectivity index (χ0) is 22.2. The minimum Gasteiger partial charge on any atom is -0.497 e. The predicted molar refractivity (Wildman–Crippen MR) is 121 cm³/mol. The molecule has 0 fully saturated rings. The van der Waals surface area contributed by atoms with Gasteiger partial charge >= 0.3 is 6.03 Å². The van der Waals surface area contributed by atoms with Gasteiger partial charge < -0.3 is 10.1 Å². The van der Waals surface area contributed by atoms with Crippen LogP contribution in [0.1, 0.15) is 18.9 Å². The quantitative estimate of drug-likeness (QED) is 0.521. The molecule has 0 aliphatic carbocycles. The van der Waals surface area contributed by atoms with E-state index in [4.69, 9.17) is 4.74 Å². The van der Waals surface area contributed by atoms with E-state index >= 15 is 0 Å². The maximum absolute atomic E-state index is 12.2. The zero-order valence-electron chi connectivity index (χ0n) is 17.7. The molecule has 0 aliphatic heterocycles. The first-order valence-corrected chi connectivity index (χ1v) is 10.9. The number of hydrogen-bond donors (Lipinski definition) is 2. The molecule has 0 unspecified atom stereocenters. The molecule has 162 valence electrons. The van der Waals surface area contributed by atoms with Crippen molar-refractivity contribution in [2.75, 3.05) is 19.4 Å². The number of nitrogens with one attached hydrogen (secondary N) is 2. The summed E-state index contributed by atoms with van der Waals surface area (Å²) >= 11 is 1.22. The summed E-state index contributed by atoms with van der Waals surface area (Å²) in [6, 6.07) is 15.0. The van der Waals surface area contributed by atoms with Gasteiger partial charge in [-0.3, -0.25) is 14.7 Å². The number of carbonyl (C=O) groups excluding carboxylic acids is 2. The second-order valence-corrected chi connectivity index (χ2v) is 7.74. The molecule has 9 heteroatoms. The Bertz CT molecular complexity index is 1030. The second kappa shape index (κ2) is 10.6. The summed E-state index contributed by atoms with van der Waals surface area (Å²) in [7, 11) is 1.62. The van der Waals surface area contributed by atoms with Crippen molar-refractivity contribution in [1.82, 2.24) is 25.4 Å². The normalized spacial score (nSPS) is 10.5. The number of aryl methyl sites for hydroxylation is 1. The minimum atomic E-state index is -0.494. The Kier molecular flexibility index (Phi) is 7.66. The molecular formula is C22H25N5O3S. The van der Waals surface area contributed by atoms with Gasteiger partial charge in [-0.2, -0.15) is 0 Å². The fourth-order valence-corrected chi connectivity index (χ4v) is 3.54. The highest BCUT2D eigenvalue weighted by molar-refractivity contribution is 7.99. The van der Waals surface area contributed by atoms with Crippen molar-refractivity contribution in [2.24, 2.45) is 0 Å². The smallest absolute Gasteiger partial charge is 0.321 e. The van der Waals surface area contributed by atoms with Gasteiger partial charge in [0.15, 0.2) is 11.0 Å². The summed E-state index contributed by atoms with van der Waals surface area (Å²) in [6.07, 6.45) is 0.796. The van der Waals surface area contributed by atoms with Crippen molar-refractivity contribution in [1.29, 1.82) is 0 Å². The van der Waals surface area contributed by atoms with Crippen LogP contribution in [0.2, 0.25) is 0 Å². The van der Waals surface area contributed by atoms with Gasteiger partial charge in [-0.1, -0.05) is 36.4 Å². The molecule has 0 aliphatic rings. The number of methoxy groups -OCH3 is 1. The zero-order valence-corrected chi connectivity index (χ0v) is 18.5. The average Bonchev–Trinajstić information content (AvgIpc) is 3.20. The number of nitrogens with zero attached hydrogens (tertiary/aromatic N) is 3. The van der Waals surface area contributed by atoms with Crippen LogP contribution in [-0.4, -0.2) is 46.1 Å². The third kappa shape index (κ3) is 5.85. The Morgan fingerprint density at radius 1 is 1.06 bits per heavy atom. The van der Waals surface area contributed by atoms with Crippen molar-refractivity contribution < 1.29 is 14.3 Å². The predicted octanol–water partition coefficient (Wildman–Crippen LogP) is 3.58. The number of ether oxygens (including phenoxy) is 1. The lowest BCUT2D eigenvalue weighted by Gasteiger charge is -2.11. The molecule has 1 aromatic heterocycles. The Morgan fingerprint density at radius 3 is 2.42 bits per heavy atom. The van der Waals surface area contributed by atoms with E-state index in [1.165, 1.54) is 11.8 Å². The molecule has 2 N–H and O–H groups in total. The molecule has 0 atom stereocenters. The van der Waals surface area contributed by atoms with E-state index in [9.17, 15) is 9.59 Å². The van der Waals surface area contributed by atoms with E-state index in [-0.39, 0.29) is 5.75 Å². The van der Waals surface area contributed by atoms with Gasteiger partial charge in [0.25, 0.3) is 0 Å². The van der Waals surface area contributed by atoms with E-state index in [0.29, 0.717) is 17.5 Å². The first-order chi connectivity index (χ1) is 15.0. The minimum absolute atomic E-state index is 0.0339. The molecule has 8 nitrogen and oxygen atoms in total. The number of aromatic nitrogens is 3. The summed E-state index contributed by atoms with van der Waals surface area (Å²) < 4.78 is 7.13. The van der Waals surface area contributed by atoms with Crippen LogP contribution in [0.3, 0.4) is 0 Å². The summed E-state index contributed by atoms with van der Waals surface area (Å²) in [5, 5.41) is 14.2. The summed E-state index contributed by atoms with van der Waals surface area (Å²) in [5.74, 6) is 1.03. The van der Waals surface area contributed by atoms with Gasteiger partial charge in [-0.25, -0.2) is 4.79 Å². The van der Waals surface area contributed by atoms with Crippen molar-refractivity contribution in [3.05, 3.63) is 54.1 Å². The average molecular weight is 440 g/mol. The van der Waals surface area contributed by atoms with Gasteiger partial charge in [0, 0.05) is 17.8 Å². The highest BCUT2D eigenvalue weighted by atomic mass is 32.2. The molecule has 31 heavy (non-hydrogen) atoms. The standard InChI is InChI=1S/C22H25N5O3S/c1-4-13-23-21(29)24-19(28)14-31-22-26-25-20(16-7-11-18(30-3)12-8-16)27(22)17-9-5-15(2)6-10-17/h5-12H,4,13-14H2,1-3H3,(H2,23,24,28,29). The summed E-state index contributed by atoms with van der Waals surface area (Å²) in [5.41, 5.74) is 2.88. The van der Waals surface area contributed by atoms with Crippen LogP contribution in [0.5, 0.6) is 5.75 Å². The molecule has 3 rings (SSSR count). The third-order valence-corrected chi connectivity index (χ3v) is 5.32. The van der Waals surface area contributed by atoms with Gasteiger partial charge in [0.2, 0.25) is 5.91 Å². The fraction of sp³-hybridized carbons (Fsp3) is 0.273. The number of amides is 3. The first-order valence-electron chi connectivity index (χ1n) is 9.89. The van der Waals surface area contributed by atoms with Crippen LogP contribution in [0.25, 0.3) is 17.1 Å². The van der Waals surface area contributed by atoms with E-state index in [1.807, 2.05) is 66.9 Å². The lowest BCUT2D eigenvalue weighted by molar-refractivity contribution is -0.117. The van der Waals surface area contributed by atoms with Crippen molar-refractivity contribution in [3.63, 3.8) is 0 Å². The maximum atomic E-state index is 12.2. The van der Waals surface area contributed by atoms with Crippen LogP contribution >= 0.6 is 11.8 Å². The van der Waals surface area contributed by atoms with Crippen LogP contribution in [0.15, 0.2) is 53.7 Å². The van der Waals surface area contributed by atoms with E-state index in [0.717, 1.165) is 29.0 Å². The monoisotopic (exact) mass is 439 g/mol. The first kappa shape index (κ1) is 22.4. The molecule has 0 saturated carbocycles. The summed E-state index contributed by atoms with van der Waals surface area (Å²) in [4.78, 5) is 23.9. The van der Waals surface area contributed by atoms with Gasteiger partial charge in [0.1, 0.15) is 5.75 Å². The van der Waals surface area contributed by atoms with Gasteiger partial charge in [-0.05, 0) is 49.7 Å². The Labute approximate surface area is 185 Å². The maximum Gasteiger partial charge on any atom is 0.321 e. The van der Waals surface area contributed by atoms with Gasteiger partial charge in [0.05, 0.1) is 12.9 Å². The number of hydrogen-bond acceptors (Lipinski definition) is 6. The lowest BCUT2D eigenvalue weighted by atomic mass is 10.2. The number of carbonyl (C=O) groups is 2. The third-order valence-electron chi connectivity index (χ3n) is 4.39. The summed E-state index contributed by atoms with van der Waals surface area (Å²) in [6.45, 7) is 4.47. The SMILES string of the molecule is CCCNC(=O)NC(=O)CSc1nnc(-c2ccc(OC)cc2)n1-c1ccc(C)cc1. The number of imide groups is 1. The van der Waals surface area contributed by atoms with Crippen molar-refractivity contribution in [3.8, 4) is 22.8 Å². The van der Waals surface area contributed by atoms with Crippen LogP contribution in [0, 0.1) is 6.92 Å². The fourth-order valence-electron chi connectivity index (χ4n) is 2.79. The van der Waals surface area contributed by atoms with E-state index in [1.54, 1.807) is 7.11 Å². The highest BCUT2D eigenvalue weighted by Crippen LogP contribution is 2.29. The number of rotatable bonds is 8. The molecule has 3 amide bonds. The topological polar surface area (TPSA) is 98.1 Å². The van der Waals surface area contributed by atoms with Gasteiger partial charge in [-0.15, -0.1) is 10.2 Å². The number of benzene rings is 2. The number of urea groups is 1. The van der Waals surface area contributed by atoms with E-state index in [2.05, 4.69) is 20.8 Å². The Balaban J connectivity index is 1.84. The van der Waals surface area contributed by atoms with E-state index < -0.39 is 11.9 Å². The second-order valence-electron chi connectivity index (χ2n) is 6.80. The lowest BCUT2D eigenvalue weighted by Crippen LogP contribution is -2.40. The largest absolute Gasteiger partial charge is 0.497 e. The molecule has 1 heterocycles. The molecule has 0 saturated heterocycles. The Hall–Kier alpha value is -3.33. The van der Waals surface area contributed by atoms with Crippen LogP contribution < -0.4 is 15.4 Å². The Morgan fingerprint density at radius 2 is 1.77 bits per heavy atom. The molecule has 2 aromatic carbocycles. The van der Waals surface area contributed by atoms with Crippen LogP contribution in [0.4, 0.5) is 4.79 Å². The molecule has 3 aromatic rings. The van der Waals surface area contributed by atoms with Crippen molar-refractivity contribution >= 4 is 23.7 Å². The van der Waals surface area contributed by atoms with Crippen LogP contribution in [-0.2, 0) is 4.79 Å². The van der Waals surface area contributed by atoms with Crippen molar-refractivity contribution in [2.45, 2.75) is 25.4 Å². The molecule has 0 radical (unpaired) electrons. The molecule has 0 spiro atoms.